The van der Waals surface area contributed by atoms with Crippen LogP contribution in [-0.2, 0) is 11.2 Å². The predicted molar refractivity (Wildman–Crippen MR) is 121 cm³/mol. The maximum atomic E-state index is 12.5. The van der Waals surface area contributed by atoms with Gasteiger partial charge in [0.05, 0.1) is 11.7 Å². The number of allylic oxidation sites excluding steroid dienone is 1. The molecule has 1 N–H and O–H groups in total. The first kappa shape index (κ1) is 22.6. The predicted octanol–water partition coefficient (Wildman–Crippen LogP) is 4.07. The van der Waals surface area contributed by atoms with E-state index < -0.39 is 6.36 Å². The van der Waals surface area contributed by atoms with Crippen LogP contribution in [0, 0.1) is 0 Å². The summed E-state index contributed by atoms with van der Waals surface area (Å²) in [6.45, 7) is 6.63. The number of nitrogens with zero attached hydrogens (tertiary/aromatic N) is 4. The summed E-state index contributed by atoms with van der Waals surface area (Å²) in [6, 6.07) is 5.68. The molecule has 0 spiro atoms. The van der Waals surface area contributed by atoms with Crippen LogP contribution in [0.1, 0.15) is 20.3 Å². The largest absolute Gasteiger partial charge is 0.573 e. The maximum absolute atomic E-state index is 12.5. The number of carbonyl (C=O) groups is 1. The molecule has 3 heterocycles. The second kappa shape index (κ2) is 8.76. The lowest BCUT2D eigenvalue weighted by molar-refractivity contribution is -0.274. The van der Waals surface area contributed by atoms with E-state index in [-0.39, 0.29) is 19.1 Å². The smallest absolute Gasteiger partial charge is 0.406 e. The quantitative estimate of drug-likeness (QED) is 0.655. The zero-order chi connectivity index (χ0) is 23.8. The van der Waals surface area contributed by atoms with E-state index in [0.717, 1.165) is 17.8 Å². The highest BCUT2D eigenvalue weighted by molar-refractivity contribution is 5.87. The van der Waals surface area contributed by atoms with Crippen molar-refractivity contribution in [3.05, 3.63) is 54.3 Å². The first-order chi connectivity index (χ1) is 15.7. The number of hydrogen-bond donors (Lipinski definition) is 1. The first-order valence-corrected chi connectivity index (χ1v) is 10.5. The van der Waals surface area contributed by atoms with Crippen LogP contribution in [0.4, 0.5) is 24.9 Å². The van der Waals surface area contributed by atoms with Gasteiger partial charge in [-0.25, -0.2) is 4.98 Å². The van der Waals surface area contributed by atoms with Crippen LogP contribution in [0.25, 0.3) is 11.3 Å². The molecule has 2 aliphatic rings. The normalized spacial score (nSPS) is 16.0. The number of amides is 1. The number of carbonyl (C=O) groups excluding carboxylic acids is 1. The number of benzene rings is 1. The molecule has 10 heteroatoms. The monoisotopic (exact) mass is 461 g/mol. The standard InChI is InChI=1S/C23H24F3N5O2.H2/c1-4-14-10-18-20(15-6-8-17(9-7-15)33-23(24,25)26)28-22(29-21(18)30(3)11-14)31-12-16(13-31)27-19(32)5-2;/h5-9,11,16H,2,4,10,12-13H2,1,3H3,(H,27,32);1H. The zero-order valence-electron chi connectivity index (χ0n) is 18.3. The molecular formula is C23H26F3N5O2. The Morgan fingerprint density at radius 1 is 1.30 bits per heavy atom. The van der Waals surface area contributed by atoms with Crippen molar-refractivity contribution in [3.8, 4) is 17.0 Å². The van der Waals surface area contributed by atoms with Crippen LogP contribution in [-0.4, -0.2) is 48.4 Å². The number of alkyl halides is 3. The molecule has 4 rings (SSSR count). The lowest BCUT2D eigenvalue weighted by Crippen LogP contribution is -2.59. The molecule has 0 bridgehead atoms. The molecule has 1 fully saturated rings. The molecule has 2 aliphatic heterocycles. The van der Waals surface area contributed by atoms with E-state index in [0.29, 0.717) is 36.7 Å². The molecule has 1 amide bonds. The number of aromatic nitrogens is 2. The lowest BCUT2D eigenvalue weighted by Gasteiger charge is -2.40. The molecule has 1 aromatic heterocycles. The molecule has 176 valence electrons. The van der Waals surface area contributed by atoms with Gasteiger partial charge in [0, 0.05) is 45.3 Å². The van der Waals surface area contributed by atoms with Crippen molar-refractivity contribution < 1.29 is 24.1 Å². The molecule has 0 atom stereocenters. The van der Waals surface area contributed by atoms with E-state index in [9.17, 15) is 18.0 Å². The summed E-state index contributed by atoms with van der Waals surface area (Å²) in [5, 5.41) is 2.84. The van der Waals surface area contributed by atoms with E-state index in [1.54, 1.807) is 12.1 Å². The second-order valence-corrected chi connectivity index (χ2v) is 7.99. The molecule has 0 saturated carbocycles. The van der Waals surface area contributed by atoms with Crippen molar-refractivity contribution in [2.45, 2.75) is 32.2 Å². The van der Waals surface area contributed by atoms with E-state index in [1.165, 1.54) is 23.8 Å². The van der Waals surface area contributed by atoms with Gasteiger partial charge in [-0.3, -0.25) is 4.79 Å². The summed E-state index contributed by atoms with van der Waals surface area (Å²) >= 11 is 0. The number of fused-ring (bicyclic) bond motifs is 1. The fraction of sp³-hybridized carbons (Fsp3) is 0.348. The lowest BCUT2D eigenvalue weighted by atomic mass is 9.96. The highest BCUT2D eigenvalue weighted by atomic mass is 19.4. The highest BCUT2D eigenvalue weighted by Crippen LogP contribution is 2.37. The fourth-order valence-electron chi connectivity index (χ4n) is 3.93. The van der Waals surface area contributed by atoms with Gasteiger partial charge in [0.2, 0.25) is 11.9 Å². The summed E-state index contributed by atoms with van der Waals surface area (Å²) < 4.78 is 41.6. The van der Waals surface area contributed by atoms with Gasteiger partial charge in [-0.2, -0.15) is 4.98 Å². The molecule has 7 nitrogen and oxygen atoms in total. The van der Waals surface area contributed by atoms with Crippen LogP contribution in [0.3, 0.4) is 0 Å². The molecule has 33 heavy (non-hydrogen) atoms. The van der Waals surface area contributed by atoms with Crippen molar-refractivity contribution in [2.75, 3.05) is 29.9 Å². The number of hydrogen-bond acceptors (Lipinski definition) is 6. The molecule has 0 unspecified atom stereocenters. The minimum Gasteiger partial charge on any atom is -0.406 e. The van der Waals surface area contributed by atoms with Gasteiger partial charge in [-0.15, -0.1) is 13.2 Å². The number of anilines is 2. The van der Waals surface area contributed by atoms with Crippen LogP contribution < -0.4 is 19.9 Å². The summed E-state index contributed by atoms with van der Waals surface area (Å²) in [4.78, 5) is 25.0. The maximum Gasteiger partial charge on any atom is 0.573 e. The van der Waals surface area contributed by atoms with Gasteiger partial charge < -0.3 is 19.9 Å². The molecular weight excluding hydrogens is 435 g/mol. The Morgan fingerprint density at radius 2 is 2.00 bits per heavy atom. The summed E-state index contributed by atoms with van der Waals surface area (Å²) in [7, 11) is 1.91. The second-order valence-electron chi connectivity index (χ2n) is 7.99. The minimum atomic E-state index is -4.75. The van der Waals surface area contributed by atoms with Gasteiger partial charge in [-0.05, 0) is 42.3 Å². The molecule has 1 saturated heterocycles. The van der Waals surface area contributed by atoms with E-state index >= 15 is 0 Å². The first-order valence-electron chi connectivity index (χ1n) is 10.5. The average molecular weight is 461 g/mol. The third-order valence-corrected chi connectivity index (χ3v) is 5.60. The van der Waals surface area contributed by atoms with Crippen molar-refractivity contribution in [1.29, 1.82) is 0 Å². The third-order valence-electron chi connectivity index (χ3n) is 5.60. The number of ether oxygens (including phenoxy) is 1. The Labute approximate surface area is 191 Å². The fourth-order valence-corrected chi connectivity index (χ4v) is 3.93. The highest BCUT2D eigenvalue weighted by Gasteiger charge is 2.33. The topological polar surface area (TPSA) is 70.6 Å². The Morgan fingerprint density at radius 3 is 2.61 bits per heavy atom. The third kappa shape index (κ3) is 4.94. The SMILES string of the molecule is C=CC(=O)NC1CN(c2nc(-c3ccc(OC(F)(F)F)cc3)c3c(n2)N(C)C=C(CC)C3)C1.[HH]. The Kier molecular flexibility index (Phi) is 6.01. The van der Waals surface area contributed by atoms with E-state index in [1.807, 2.05) is 23.0 Å². The van der Waals surface area contributed by atoms with Crippen LogP contribution in [0.15, 0.2) is 48.7 Å². The number of halogens is 3. The average Bonchev–Trinajstić information content (AvgIpc) is 2.74. The van der Waals surface area contributed by atoms with Crippen LogP contribution >= 0.6 is 0 Å². The van der Waals surface area contributed by atoms with Gasteiger partial charge in [0.1, 0.15) is 11.6 Å². The Bertz CT molecular complexity index is 1100. The van der Waals surface area contributed by atoms with Crippen LogP contribution in [0.2, 0.25) is 0 Å². The van der Waals surface area contributed by atoms with E-state index in [2.05, 4.69) is 23.6 Å². The van der Waals surface area contributed by atoms with Crippen molar-refractivity contribution in [2.24, 2.45) is 0 Å². The summed E-state index contributed by atoms with van der Waals surface area (Å²) in [5.41, 5.74) is 3.46. The zero-order valence-corrected chi connectivity index (χ0v) is 18.3. The number of nitrogens with one attached hydrogen (secondary N) is 1. The van der Waals surface area contributed by atoms with Crippen molar-refractivity contribution in [1.82, 2.24) is 15.3 Å². The van der Waals surface area contributed by atoms with Gasteiger partial charge in [0.25, 0.3) is 0 Å². The summed E-state index contributed by atoms with van der Waals surface area (Å²) in [5.74, 6) is 0.735. The van der Waals surface area contributed by atoms with Crippen LogP contribution in [0.5, 0.6) is 5.75 Å². The molecule has 0 aliphatic carbocycles. The summed E-state index contributed by atoms with van der Waals surface area (Å²) in [6.07, 6.45) is 0.0490. The Hall–Kier alpha value is -3.56. The number of rotatable bonds is 6. The van der Waals surface area contributed by atoms with E-state index in [4.69, 9.17) is 9.97 Å². The van der Waals surface area contributed by atoms with Gasteiger partial charge >= 0.3 is 6.36 Å². The Balaban J connectivity index is 0.00000324. The van der Waals surface area contributed by atoms with Crippen molar-refractivity contribution >= 4 is 17.7 Å². The van der Waals surface area contributed by atoms with Crippen molar-refractivity contribution in [3.63, 3.8) is 0 Å². The van der Waals surface area contributed by atoms with Gasteiger partial charge in [0.15, 0.2) is 0 Å². The molecule has 0 radical (unpaired) electrons. The molecule has 2 aromatic rings. The minimum absolute atomic E-state index is 0. The van der Waals surface area contributed by atoms with Gasteiger partial charge in [-0.1, -0.05) is 13.5 Å². The molecule has 1 aromatic carbocycles.